The lowest BCUT2D eigenvalue weighted by Gasteiger charge is -2.38. The van der Waals surface area contributed by atoms with E-state index >= 15 is 0 Å². The number of hydrogen-bond acceptors (Lipinski definition) is 3. The van der Waals surface area contributed by atoms with Crippen molar-refractivity contribution in [1.29, 1.82) is 0 Å². The second-order valence-electron chi connectivity index (χ2n) is 5.24. The summed E-state index contributed by atoms with van der Waals surface area (Å²) in [6.45, 7) is 7.76. The number of piperidine rings is 1. The highest BCUT2D eigenvalue weighted by molar-refractivity contribution is 5.82. The third-order valence-electron chi connectivity index (χ3n) is 4.05. The van der Waals surface area contributed by atoms with Crippen molar-refractivity contribution in [3.8, 4) is 0 Å². The summed E-state index contributed by atoms with van der Waals surface area (Å²) in [6, 6.07) is -0.370. The molecule has 1 heterocycles. The van der Waals surface area contributed by atoms with Gasteiger partial charge in [0.25, 0.3) is 0 Å². The Labute approximate surface area is 104 Å². The first kappa shape index (κ1) is 14.5. The molecule has 0 aromatic heterocycles. The normalized spacial score (nSPS) is 28.9. The van der Waals surface area contributed by atoms with Crippen molar-refractivity contribution in [3.05, 3.63) is 0 Å². The molecule has 0 aromatic carbocycles. The van der Waals surface area contributed by atoms with E-state index in [1.165, 1.54) is 0 Å². The number of amides is 1. The van der Waals surface area contributed by atoms with E-state index in [1.807, 2.05) is 11.8 Å². The van der Waals surface area contributed by atoms with Gasteiger partial charge >= 0.3 is 0 Å². The number of carbonyl (C=O) groups is 1. The van der Waals surface area contributed by atoms with Crippen molar-refractivity contribution < 1.29 is 9.53 Å². The van der Waals surface area contributed by atoms with Gasteiger partial charge in [-0.2, -0.15) is 0 Å². The van der Waals surface area contributed by atoms with Crippen molar-refractivity contribution in [2.75, 3.05) is 20.2 Å². The molecule has 0 radical (unpaired) electrons. The predicted molar refractivity (Wildman–Crippen MR) is 68.6 cm³/mol. The van der Waals surface area contributed by atoms with E-state index in [0.29, 0.717) is 12.5 Å². The number of nitrogens with two attached hydrogens (primary N) is 1. The lowest BCUT2D eigenvalue weighted by Crippen LogP contribution is -2.53. The van der Waals surface area contributed by atoms with Gasteiger partial charge in [0.1, 0.15) is 0 Å². The van der Waals surface area contributed by atoms with Gasteiger partial charge < -0.3 is 15.4 Å². The van der Waals surface area contributed by atoms with E-state index in [1.54, 1.807) is 7.11 Å². The molecule has 3 unspecified atom stereocenters. The molecule has 1 saturated heterocycles. The summed E-state index contributed by atoms with van der Waals surface area (Å²) in [5, 5.41) is 0. The highest BCUT2D eigenvalue weighted by atomic mass is 16.5. The summed E-state index contributed by atoms with van der Waals surface area (Å²) in [4.78, 5) is 14.1. The fraction of sp³-hybridized carbons (Fsp3) is 0.923. The quantitative estimate of drug-likeness (QED) is 0.807. The topological polar surface area (TPSA) is 55.6 Å². The first-order valence-corrected chi connectivity index (χ1v) is 6.58. The van der Waals surface area contributed by atoms with E-state index in [4.69, 9.17) is 10.5 Å². The molecule has 17 heavy (non-hydrogen) atoms. The fourth-order valence-electron chi connectivity index (χ4n) is 2.25. The Morgan fingerprint density at radius 2 is 2.24 bits per heavy atom. The molecule has 0 aliphatic carbocycles. The molecular weight excluding hydrogens is 216 g/mol. The van der Waals surface area contributed by atoms with Crippen LogP contribution in [0.3, 0.4) is 0 Å². The average molecular weight is 242 g/mol. The zero-order valence-electron chi connectivity index (χ0n) is 11.5. The molecule has 1 amide bonds. The van der Waals surface area contributed by atoms with Gasteiger partial charge in [0.05, 0.1) is 12.1 Å². The lowest BCUT2D eigenvalue weighted by atomic mass is 9.93. The smallest absolute Gasteiger partial charge is 0.239 e. The molecule has 4 heteroatoms. The highest BCUT2D eigenvalue weighted by Gasteiger charge is 2.32. The van der Waals surface area contributed by atoms with Crippen LogP contribution in [0.2, 0.25) is 0 Å². The van der Waals surface area contributed by atoms with Crippen molar-refractivity contribution >= 4 is 5.91 Å². The first-order valence-electron chi connectivity index (χ1n) is 6.58. The van der Waals surface area contributed by atoms with Crippen LogP contribution in [0.25, 0.3) is 0 Å². The monoisotopic (exact) mass is 242 g/mol. The first-order chi connectivity index (χ1) is 8.01. The number of methoxy groups -OCH3 is 1. The number of ether oxygens (including phenoxy) is 1. The summed E-state index contributed by atoms with van der Waals surface area (Å²) in [5.74, 6) is 0.833. The molecule has 0 saturated carbocycles. The summed E-state index contributed by atoms with van der Waals surface area (Å²) in [6.07, 6.45) is 2.08. The van der Waals surface area contributed by atoms with E-state index in [9.17, 15) is 4.79 Å². The maximum atomic E-state index is 12.2. The van der Waals surface area contributed by atoms with Crippen molar-refractivity contribution in [1.82, 2.24) is 4.90 Å². The molecule has 4 atom stereocenters. The third-order valence-corrected chi connectivity index (χ3v) is 4.05. The van der Waals surface area contributed by atoms with Gasteiger partial charge in [-0.1, -0.05) is 27.2 Å². The molecule has 2 N–H and O–H groups in total. The predicted octanol–water partition coefficient (Wildman–Crippen LogP) is 1.24. The number of carbonyl (C=O) groups excluding carboxylic acids is 1. The van der Waals surface area contributed by atoms with E-state index in [-0.39, 0.29) is 24.0 Å². The standard InChI is InChI=1S/C13H26N2O2/c1-5-9(2)12(14)13(16)15-7-6-10(3)11(8-15)17-4/h9-12H,5-8,14H2,1-4H3/t9?,10?,11?,12-/m0/s1. The zero-order chi connectivity index (χ0) is 13.0. The van der Waals surface area contributed by atoms with Gasteiger partial charge in [0, 0.05) is 20.2 Å². The molecule has 0 spiro atoms. The minimum Gasteiger partial charge on any atom is -0.379 e. The minimum atomic E-state index is -0.370. The Bertz CT molecular complexity index is 258. The Kier molecular flexibility index (Phi) is 5.40. The minimum absolute atomic E-state index is 0.0771. The summed E-state index contributed by atoms with van der Waals surface area (Å²) < 4.78 is 5.42. The maximum Gasteiger partial charge on any atom is 0.239 e. The Balaban J connectivity index is 2.58. The Hall–Kier alpha value is -0.610. The van der Waals surface area contributed by atoms with Crippen LogP contribution in [0.5, 0.6) is 0 Å². The molecule has 1 aliphatic heterocycles. The molecule has 1 fully saturated rings. The molecule has 4 nitrogen and oxygen atoms in total. The second-order valence-corrected chi connectivity index (χ2v) is 5.24. The van der Waals surface area contributed by atoms with Crippen molar-refractivity contribution in [2.45, 2.75) is 45.8 Å². The van der Waals surface area contributed by atoms with Gasteiger partial charge in [-0.15, -0.1) is 0 Å². The number of hydrogen-bond donors (Lipinski definition) is 1. The van der Waals surface area contributed by atoms with Gasteiger partial charge in [-0.05, 0) is 18.3 Å². The molecule has 1 aliphatic rings. The van der Waals surface area contributed by atoms with Crippen LogP contribution in [0.1, 0.15) is 33.6 Å². The van der Waals surface area contributed by atoms with Crippen LogP contribution in [-0.2, 0) is 9.53 Å². The number of rotatable bonds is 4. The molecule has 100 valence electrons. The molecule has 0 aromatic rings. The highest BCUT2D eigenvalue weighted by Crippen LogP contribution is 2.21. The Morgan fingerprint density at radius 3 is 2.76 bits per heavy atom. The summed E-state index contributed by atoms with van der Waals surface area (Å²) in [5.41, 5.74) is 5.99. The third kappa shape index (κ3) is 3.42. The average Bonchev–Trinajstić information content (AvgIpc) is 2.36. The maximum absolute atomic E-state index is 12.2. The molecule has 1 rings (SSSR count). The van der Waals surface area contributed by atoms with Crippen LogP contribution in [0, 0.1) is 11.8 Å². The van der Waals surface area contributed by atoms with Crippen LogP contribution in [0.15, 0.2) is 0 Å². The van der Waals surface area contributed by atoms with E-state index in [2.05, 4.69) is 13.8 Å². The van der Waals surface area contributed by atoms with Crippen LogP contribution < -0.4 is 5.73 Å². The Morgan fingerprint density at radius 1 is 1.59 bits per heavy atom. The van der Waals surface area contributed by atoms with E-state index in [0.717, 1.165) is 19.4 Å². The van der Waals surface area contributed by atoms with E-state index < -0.39 is 0 Å². The number of nitrogens with zero attached hydrogens (tertiary/aromatic N) is 1. The SMILES string of the molecule is CCC(C)[C@H](N)C(=O)N1CCC(C)C(OC)C1. The fourth-order valence-corrected chi connectivity index (χ4v) is 2.25. The molecule has 0 bridgehead atoms. The second kappa shape index (κ2) is 6.36. The molecular formula is C13H26N2O2. The van der Waals surface area contributed by atoms with Gasteiger partial charge in [-0.3, -0.25) is 4.79 Å². The van der Waals surface area contributed by atoms with Crippen molar-refractivity contribution in [2.24, 2.45) is 17.6 Å². The summed E-state index contributed by atoms with van der Waals surface area (Å²) >= 11 is 0. The summed E-state index contributed by atoms with van der Waals surface area (Å²) in [7, 11) is 1.71. The largest absolute Gasteiger partial charge is 0.379 e. The van der Waals surface area contributed by atoms with Crippen LogP contribution in [0.4, 0.5) is 0 Å². The van der Waals surface area contributed by atoms with Gasteiger partial charge in [-0.25, -0.2) is 0 Å². The van der Waals surface area contributed by atoms with Crippen molar-refractivity contribution in [3.63, 3.8) is 0 Å². The van der Waals surface area contributed by atoms with Gasteiger partial charge in [0.2, 0.25) is 5.91 Å². The lowest BCUT2D eigenvalue weighted by molar-refractivity contribution is -0.138. The van der Waals surface area contributed by atoms with Crippen LogP contribution >= 0.6 is 0 Å². The number of likely N-dealkylation sites (tertiary alicyclic amines) is 1. The van der Waals surface area contributed by atoms with Gasteiger partial charge in [0.15, 0.2) is 0 Å². The zero-order valence-corrected chi connectivity index (χ0v) is 11.5. The van der Waals surface area contributed by atoms with Crippen LogP contribution in [-0.4, -0.2) is 43.2 Å².